The fourth-order valence-corrected chi connectivity index (χ4v) is 3.36. The largest absolute Gasteiger partial charge is 0.325 e. The summed E-state index contributed by atoms with van der Waals surface area (Å²) in [6, 6.07) is 14.7. The average Bonchev–Trinajstić information content (AvgIpc) is 3.15. The Hall–Kier alpha value is -2.89. The van der Waals surface area contributed by atoms with E-state index < -0.39 is 0 Å². The number of thioether (sulfide) groups is 1. The van der Waals surface area contributed by atoms with Gasteiger partial charge in [0.25, 0.3) is 0 Å². The lowest BCUT2D eigenvalue weighted by molar-refractivity contribution is -0.113. The van der Waals surface area contributed by atoms with Crippen LogP contribution in [0.3, 0.4) is 0 Å². The molecule has 1 aromatic heterocycles. The second-order valence-corrected chi connectivity index (χ2v) is 7.61. The fraction of sp³-hybridized carbons (Fsp3) is 0.211. The van der Waals surface area contributed by atoms with Crippen LogP contribution in [0, 0.1) is 11.3 Å². The van der Waals surface area contributed by atoms with Gasteiger partial charge in [0, 0.05) is 5.69 Å². The van der Waals surface area contributed by atoms with Crippen LogP contribution >= 0.6 is 23.4 Å². The van der Waals surface area contributed by atoms with E-state index in [2.05, 4.69) is 34.7 Å². The third-order valence-electron chi connectivity index (χ3n) is 3.95. The van der Waals surface area contributed by atoms with Gasteiger partial charge in [0.1, 0.15) is 6.07 Å². The maximum absolute atomic E-state index is 12.2. The van der Waals surface area contributed by atoms with Crippen LogP contribution in [-0.4, -0.2) is 31.9 Å². The standard InChI is InChI=1S/C19H17ClN6OS/c1-12(2)13-4-7-16(8-5-13)26-19(23-24-25-26)28-11-18(27)22-15-6-3-14(10-21)17(20)9-15/h3-9,12H,11H2,1-2H3,(H,22,27). The third kappa shape index (κ3) is 4.68. The Kier molecular flexibility index (Phi) is 6.29. The number of tetrazole rings is 1. The number of benzene rings is 2. The first-order valence-corrected chi connectivity index (χ1v) is 9.85. The van der Waals surface area contributed by atoms with E-state index in [0.29, 0.717) is 27.3 Å². The van der Waals surface area contributed by atoms with E-state index >= 15 is 0 Å². The van der Waals surface area contributed by atoms with Gasteiger partial charge < -0.3 is 5.32 Å². The van der Waals surface area contributed by atoms with Crippen molar-refractivity contribution in [2.45, 2.75) is 24.9 Å². The van der Waals surface area contributed by atoms with E-state index in [1.807, 2.05) is 30.3 Å². The van der Waals surface area contributed by atoms with Crippen LogP contribution < -0.4 is 5.32 Å². The molecule has 0 spiro atoms. The van der Waals surface area contributed by atoms with Crippen molar-refractivity contribution in [2.75, 3.05) is 11.1 Å². The van der Waals surface area contributed by atoms with Crippen molar-refractivity contribution < 1.29 is 4.79 Å². The second kappa shape index (κ2) is 8.87. The Morgan fingerprint density at radius 2 is 2.04 bits per heavy atom. The molecule has 3 aromatic rings. The molecule has 0 aliphatic rings. The number of halogens is 1. The third-order valence-corrected chi connectivity index (χ3v) is 5.18. The molecule has 142 valence electrons. The molecule has 0 fully saturated rings. The summed E-state index contributed by atoms with van der Waals surface area (Å²) in [6.07, 6.45) is 0. The molecule has 0 bridgehead atoms. The summed E-state index contributed by atoms with van der Waals surface area (Å²) in [7, 11) is 0. The van der Waals surface area contributed by atoms with Crippen molar-refractivity contribution in [3.05, 3.63) is 58.6 Å². The van der Waals surface area contributed by atoms with E-state index in [-0.39, 0.29) is 11.7 Å². The average molecular weight is 413 g/mol. The molecule has 7 nitrogen and oxygen atoms in total. The van der Waals surface area contributed by atoms with E-state index in [1.165, 1.54) is 17.3 Å². The number of aromatic nitrogens is 4. The first-order chi connectivity index (χ1) is 13.5. The lowest BCUT2D eigenvalue weighted by atomic mass is 10.0. The number of anilines is 1. The first-order valence-electron chi connectivity index (χ1n) is 8.49. The molecule has 0 saturated heterocycles. The maximum atomic E-state index is 12.2. The monoisotopic (exact) mass is 412 g/mol. The zero-order valence-corrected chi connectivity index (χ0v) is 16.8. The van der Waals surface area contributed by atoms with Gasteiger partial charge in [-0.05, 0) is 52.2 Å². The minimum atomic E-state index is -0.226. The lowest BCUT2D eigenvalue weighted by Gasteiger charge is -2.08. The summed E-state index contributed by atoms with van der Waals surface area (Å²) in [5, 5.41) is 24.2. The normalized spacial score (nSPS) is 10.7. The van der Waals surface area contributed by atoms with Gasteiger partial charge in [0.2, 0.25) is 11.1 Å². The molecular formula is C19H17ClN6OS. The van der Waals surface area contributed by atoms with Crippen molar-refractivity contribution in [2.24, 2.45) is 0 Å². The molecule has 0 radical (unpaired) electrons. The number of amides is 1. The zero-order chi connectivity index (χ0) is 20.1. The van der Waals surface area contributed by atoms with Crippen LogP contribution in [0.1, 0.15) is 30.9 Å². The molecule has 1 heterocycles. The van der Waals surface area contributed by atoms with Crippen LogP contribution in [0.25, 0.3) is 5.69 Å². The molecule has 0 saturated carbocycles. The molecule has 3 rings (SSSR count). The molecule has 2 aromatic carbocycles. The topological polar surface area (TPSA) is 96.5 Å². The summed E-state index contributed by atoms with van der Waals surface area (Å²) in [5.74, 6) is 0.342. The van der Waals surface area contributed by atoms with Gasteiger partial charge in [-0.15, -0.1) is 5.10 Å². The van der Waals surface area contributed by atoms with Gasteiger partial charge in [0.05, 0.1) is 22.0 Å². The SMILES string of the molecule is CC(C)c1ccc(-n2nnnc2SCC(=O)Nc2ccc(C#N)c(Cl)c2)cc1. The van der Waals surface area contributed by atoms with E-state index in [9.17, 15) is 4.79 Å². The van der Waals surface area contributed by atoms with Crippen molar-refractivity contribution in [1.29, 1.82) is 5.26 Å². The van der Waals surface area contributed by atoms with Crippen molar-refractivity contribution in [3.63, 3.8) is 0 Å². The molecule has 0 atom stereocenters. The van der Waals surface area contributed by atoms with Gasteiger partial charge in [-0.25, -0.2) is 0 Å². The summed E-state index contributed by atoms with van der Waals surface area (Å²) in [6.45, 7) is 4.26. The molecular weight excluding hydrogens is 396 g/mol. The van der Waals surface area contributed by atoms with Gasteiger partial charge in [0.15, 0.2) is 0 Å². The van der Waals surface area contributed by atoms with Crippen LogP contribution in [0.15, 0.2) is 47.6 Å². The first kappa shape index (κ1) is 19.9. The fourth-order valence-electron chi connectivity index (χ4n) is 2.44. The zero-order valence-electron chi connectivity index (χ0n) is 15.3. The van der Waals surface area contributed by atoms with Gasteiger partial charge in [-0.2, -0.15) is 9.94 Å². The van der Waals surface area contributed by atoms with E-state index in [4.69, 9.17) is 16.9 Å². The molecule has 28 heavy (non-hydrogen) atoms. The van der Waals surface area contributed by atoms with Crippen LogP contribution in [-0.2, 0) is 4.79 Å². The Morgan fingerprint density at radius 3 is 2.68 bits per heavy atom. The number of nitrogens with one attached hydrogen (secondary N) is 1. The highest BCUT2D eigenvalue weighted by molar-refractivity contribution is 7.99. The van der Waals surface area contributed by atoms with Gasteiger partial charge in [-0.3, -0.25) is 4.79 Å². The Morgan fingerprint density at radius 1 is 1.29 bits per heavy atom. The summed E-state index contributed by atoms with van der Waals surface area (Å²) in [5.41, 5.74) is 2.94. The lowest BCUT2D eigenvalue weighted by Crippen LogP contribution is -2.14. The van der Waals surface area contributed by atoms with Crippen molar-refractivity contribution >= 4 is 35.0 Å². The smallest absolute Gasteiger partial charge is 0.234 e. The number of nitrogens with zero attached hydrogens (tertiary/aromatic N) is 5. The molecule has 1 N–H and O–H groups in total. The molecule has 1 amide bonds. The molecule has 0 aliphatic carbocycles. The van der Waals surface area contributed by atoms with Crippen molar-refractivity contribution in [1.82, 2.24) is 20.2 Å². The van der Waals surface area contributed by atoms with Crippen molar-refractivity contribution in [3.8, 4) is 11.8 Å². The number of nitriles is 1. The van der Waals surface area contributed by atoms with Gasteiger partial charge >= 0.3 is 0 Å². The second-order valence-electron chi connectivity index (χ2n) is 6.26. The minimum Gasteiger partial charge on any atom is -0.325 e. The Balaban J connectivity index is 1.64. The van der Waals surface area contributed by atoms with Crippen LogP contribution in [0.5, 0.6) is 0 Å². The number of carbonyl (C=O) groups excluding carboxylic acids is 1. The Bertz CT molecular complexity index is 1030. The maximum Gasteiger partial charge on any atom is 0.234 e. The Labute approximate surface area is 171 Å². The number of hydrogen-bond donors (Lipinski definition) is 1. The predicted molar refractivity (Wildman–Crippen MR) is 109 cm³/mol. The minimum absolute atomic E-state index is 0.127. The predicted octanol–water partition coefficient (Wildman–Crippen LogP) is 4.04. The number of carbonyl (C=O) groups is 1. The quantitative estimate of drug-likeness (QED) is 0.613. The number of rotatable bonds is 6. The van der Waals surface area contributed by atoms with Crippen LogP contribution in [0.2, 0.25) is 5.02 Å². The summed E-state index contributed by atoms with van der Waals surface area (Å²) in [4.78, 5) is 12.2. The highest BCUT2D eigenvalue weighted by Crippen LogP contribution is 2.22. The summed E-state index contributed by atoms with van der Waals surface area (Å²) < 4.78 is 1.60. The van der Waals surface area contributed by atoms with E-state index in [0.717, 1.165) is 5.69 Å². The summed E-state index contributed by atoms with van der Waals surface area (Å²) >= 11 is 7.21. The van der Waals surface area contributed by atoms with Gasteiger partial charge in [-0.1, -0.05) is 49.3 Å². The van der Waals surface area contributed by atoms with Crippen LogP contribution in [0.4, 0.5) is 5.69 Å². The number of hydrogen-bond acceptors (Lipinski definition) is 6. The highest BCUT2D eigenvalue weighted by atomic mass is 35.5. The molecule has 9 heteroatoms. The van der Waals surface area contributed by atoms with E-state index in [1.54, 1.807) is 22.9 Å². The molecule has 0 unspecified atom stereocenters. The highest BCUT2D eigenvalue weighted by Gasteiger charge is 2.12. The molecule has 0 aliphatic heterocycles.